The van der Waals surface area contributed by atoms with Gasteiger partial charge in [-0.15, -0.1) is 0 Å². The molecule has 1 aromatic heterocycles. The molecule has 0 amide bonds. The van der Waals surface area contributed by atoms with Crippen molar-refractivity contribution in [1.29, 1.82) is 0 Å². The first-order chi connectivity index (χ1) is 7.28. The molecule has 78 valence electrons. The van der Waals surface area contributed by atoms with Gasteiger partial charge in [-0.1, -0.05) is 12.1 Å². The van der Waals surface area contributed by atoms with Crippen LogP contribution >= 0.6 is 0 Å². The van der Waals surface area contributed by atoms with Crippen LogP contribution in [0.2, 0.25) is 0 Å². The van der Waals surface area contributed by atoms with Crippen molar-refractivity contribution in [2.24, 2.45) is 0 Å². The first kappa shape index (κ1) is 9.58. The fourth-order valence-corrected chi connectivity index (χ4v) is 1.36. The first-order valence-corrected chi connectivity index (χ1v) is 4.62. The maximum absolute atomic E-state index is 9.11. The minimum absolute atomic E-state index is 0.184. The van der Waals surface area contributed by atoms with Crippen LogP contribution < -0.4 is 4.74 Å². The molecule has 0 aliphatic heterocycles. The van der Waals surface area contributed by atoms with Gasteiger partial charge in [0.1, 0.15) is 5.75 Å². The minimum atomic E-state index is 0.184. The Labute approximate surface area is 87.7 Å². The first-order valence-electron chi connectivity index (χ1n) is 4.62. The zero-order valence-corrected chi connectivity index (χ0v) is 8.42. The molecule has 0 saturated carbocycles. The summed E-state index contributed by atoms with van der Waals surface area (Å²) in [7, 11) is 1.64. The summed E-state index contributed by atoms with van der Waals surface area (Å²) in [4.78, 5) is 0. The van der Waals surface area contributed by atoms with Crippen LogP contribution in [-0.2, 0) is 6.54 Å². The molecular formula is C11H12N2O2. The van der Waals surface area contributed by atoms with Gasteiger partial charge in [0.05, 0.1) is 26.0 Å². The van der Waals surface area contributed by atoms with Crippen molar-refractivity contribution in [1.82, 2.24) is 9.78 Å². The normalized spacial score (nSPS) is 10.2. The number of aromatic nitrogens is 2. The van der Waals surface area contributed by atoms with Crippen LogP contribution in [-0.4, -0.2) is 22.0 Å². The lowest BCUT2D eigenvalue weighted by molar-refractivity contribution is 0.414. The second kappa shape index (κ2) is 4.04. The highest BCUT2D eigenvalue weighted by Gasteiger charge is 1.98. The molecule has 1 aromatic carbocycles. The Kier molecular flexibility index (Phi) is 2.58. The lowest BCUT2D eigenvalue weighted by Gasteiger charge is -2.03. The van der Waals surface area contributed by atoms with E-state index in [4.69, 9.17) is 9.84 Å². The average Bonchev–Trinajstić information content (AvgIpc) is 2.65. The van der Waals surface area contributed by atoms with E-state index in [1.807, 2.05) is 24.3 Å². The Bertz CT molecular complexity index is 434. The predicted molar refractivity (Wildman–Crippen MR) is 56.0 cm³/mol. The quantitative estimate of drug-likeness (QED) is 0.826. The number of rotatable bonds is 3. The largest absolute Gasteiger partial charge is 0.505 e. The molecule has 0 fully saturated rings. The number of methoxy groups -OCH3 is 1. The highest BCUT2D eigenvalue weighted by molar-refractivity contribution is 5.27. The fraction of sp³-hybridized carbons (Fsp3) is 0.182. The van der Waals surface area contributed by atoms with Gasteiger partial charge in [0, 0.05) is 0 Å². The summed E-state index contributed by atoms with van der Waals surface area (Å²) in [5.41, 5.74) is 1.11. The maximum atomic E-state index is 9.11. The van der Waals surface area contributed by atoms with E-state index in [-0.39, 0.29) is 5.75 Å². The highest BCUT2D eigenvalue weighted by atomic mass is 16.5. The third-order valence-electron chi connectivity index (χ3n) is 2.12. The molecule has 15 heavy (non-hydrogen) atoms. The van der Waals surface area contributed by atoms with Gasteiger partial charge in [0.2, 0.25) is 0 Å². The molecule has 0 saturated heterocycles. The van der Waals surface area contributed by atoms with Crippen LogP contribution in [0.1, 0.15) is 5.56 Å². The molecule has 0 aliphatic rings. The molecule has 0 radical (unpaired) electrons. The molecule has 0 spiro atoms. The van der Waals surface area contributed by atoms with E-state index in [1.165, 1.54) is 6.20 Å². The SMILES string of the molecule is COc1ccc(Cn2cc(O)cn2)cc1. The third kappa shape index (κ3) is 2.28. The monoisotopic (exact) mass is 204 g/mol. The summed E-state index contributed by atoms with van der Waals surface area (Å²) in [6.45, 7) is 0.643. The lowest BCUT2D eigenvalue weighted by atomic mass is 10.2. The molecule has 4 heteroatoms. The zero-order valence-electron chi connectivity index (χ0n) is 8.42. The second-order valence-electron chi connectivity index (χ2n) is 3.24. The number of hydrogen-bond acceptors (Lipinski definition) is 3. The lowest BCUT2D eigenvalue weighted by Crippen LogP contribution is -1.99. The topological polar surface area (TPSA) is 47.3 Å². The fourth-order valence-electron chi connectivity index (χ4n) is 1.36. The summed E-state index contributed by atoms with van der Waals surface area (Å²) >= 11 is 0. The Morgan fingerprint density at radius 2 is 2.07 bits per heavy atom. The Hall–Kier alpha value is -1.97. The zero-order chi connectivity index (χ0) is 10.7. The van der Waals surface area contributed by atoms with E-state index in [2.05, 4.69) is 5.10 Å². The Morgan fingerprint density at radius 3 is 2.60 bits per heavy atom. The molecular weight excluding hydrogens is 192 g/mol. The number of aromatic hydroxyl groups is 1. The summed E-state index contributed by atoms with van der Waals surface area (Å²) in [5.74, 6) is 1.02. The van der Waals surface area contributed by atoms with Crippen molar-refractivity contribution < 1.29 is 9.84 Å². The van der Waals surface area contributed by atoms with Crippen molar-refractivity contribution in [3.63, 3.8) is 0 Å². The Balaban J connectivity index is 2.11. The summed E-state index contributed by atoms with van der Waals surface area (Å²) in [5, 5.41) is 13.1. The molecule has 0 aliphatic carbocycles. The summed E-state index contributed by atoms with van der Waals surface area (Å²) in [6, 6.07) is 7.74. The van der Waals surface area contributed by atoms with Crippen molar-refractivity contribution in [3.8, 4) is 11.5 Å². The van der Waals surface area contributed by atoms with Crippen molar-refractivity contribution in [2.75, 3.05) is 7.11 Å². The van der Waals surface area contributed by atoms with Crippen LogP contribution in [0.15, 0.2) is 36.7 Å². The van der Waals surface area contributed by atoms with Crippen LogP contribution in [0.5, 0.6) is 11.5 Å². The van der Waals surface area contributed by atoms with Crippen LogP contribution in [0.25, 0.3) is 0 Å². The van der Waals surface area contributed by atoms with E-state index in [1.54, 1.807) is 18.0 Å². The van der Waals surface area contributed by atoms with Gasteiger partial charge in [-0.05, 0) is 17.7 Å². The second-order valence-corrected chi connectivity index (χ2v) is 3.24. The number of benzene rings is 1. The van der Waals surface area contributed by atoms with Gasteiger partial charge in [-0.25, -0.2) is 0 Å². The van der Waals surface area contributed by atoms with Crippen LogP contribution in [0.3, 0.4) is 0 Å². The highest BCUT2D eigenvalue weighted by Crippen LogP contribution is 2.13. The molecule has 0 bridgehead atoms. The molecule has 1 heterocycles. The van der Waals surface area contributed by atoms with Gasteiger partial charge in [-0.3, -0.25) is 4.68 Å². The Morgan fingerprint density at radius 1 is 1.33 bits per heavy atom. The molecule has 0 atom stereocenters. The van der Waals surface area contributed by atoms with Crippen LogP contribution in [0, 0.1) is 0 Å². The summed E-state index contributed by atoms with van der Waals surface area (Å²) in [6.07, 6.45) is 3.01. The van der Waals surface area contributed by atoms with Crippen molar-refractivity contribution in [2.45, 2.75) is 6.54 Å². The van der Waals surface area contributed by atoms with E-state index < -0.39 is 0 Å². The van der Waals surface area contributed by atoms with Crippen LogP contribution in [0.4, 0.5) is 0 Å². The van der Waals surface area contributed by atoms with E-state index in [0.29, 0.717) is 6.54 Å². The van der Waals surface area contributed by atoms with Gasteiger partial charge < -0.3 is 9.84 Å². The standard InChI is InChI=1S/C11H12N2O2/c1-15-11-4-2-9(3-5-11)7-13-8-10(14)6-12-13/h2-6,8,14H,7H2,1H3. The predicted octanol–water partition coefficient (Wildman–Crippen LogP) is 1.65. The molecule has 2 aromatic rings. The van der Waals surface area contributed by atoms with Crippen molar-refractivity contribution >= 4 is 0 Å². The van der Waals surface area contributed by atoms with Crippen molar-refractivity contribution in [3.05, 3.63) is 42.2 Å². The number of ether oxygens (including phenoxy) is 1. The van der Waals surface area contributed by atoms with E-state index >= 15 is 0 Å². The van der Waals surface area contributed by atoms with E-state index in [0.717, 1.165) is 11.3 Å². The number of hydrogen-bond donors (Lipinski definition) is 1. The number of nitrogens with zero attached hydrogens (tertiary/aromatic N) is 2. The smallest absolute Gasteiger partial charge is 0.153 e. The molecule has 1 N–H and O–H groups in total. The minimum Gasteiger partial charge on any atom is -0.505 e. The van der Waals surface area contributed by atoms with Gasteiger partial charge >= 0.3 is 0 Å². The van der Waals surface area contributed by atoms with Gasteiger partial charge in [-0.2, -0.15) is 5.10 Å². The molecule has 4 nitrogen and oxygen atoms in total. The summed E-state index contributed by atoms with van der Waals surface area (Å²) < 4.78 is 6.74. The third-order valence-corrected chi connectivity index (χ3v) is 2.12. The maximum Gasteiger partial charge on any atom is 0.153 e. The van der Waals surface area contributed by atoms with E-state index in [9.17, 15) is 0 Å². The average molecular weight is 204 g/mol. The van der Waals surface area contributed by atoms with Gasteiger partial charge in [0.25, 0.3) is 0 Å². The van der Waals surface area contributed by atoms with Gasteiger partial charge in [0.15, 0.2) is 5.75 Å². The molecule has 0 unspecified atom stereocenters. The molecule has 2 rings (SSSR count).